The van der Waals surface area contributed by atoms with Crippen molar-refractivity contribution in [2.24, 2.45) is 0 Å². The highest BCUT2D eigenvalue weighted by atomic mass is 35.5. The van der Waals surface area contributed by atoms with E-state index in [1.807, 2.05) is 0 Å². The van der Waals surface area contributed by atoms with Crippen LogP contribution in [0.4, 0.5) is 10.1 Å². The molecule has 0 saturated heterocycles. The van der Waals surface area contributed by atoms with E-state index in [-0.39, 0.29) is 20.6 Å². The Morgan fingerprint density at radius 3 is 2.68 bits per heavy atom. The Kier molecular flexibility index (Phi) is 3.66. The van der Waals surface area contributed by atoms with E-state index in [4.69, 9.17) is 11.6 Å². The van der Waals surface area contributed by atoms with Crippen LogP contribution in [0.15, 0.2) is 27.2 Å². The first-order valence-corrected chi connectivity index (χ1v) is 7.65. The molecule has 2 N–H and O–H groups in total. The first kappa shape index (κ1) is 14.0. The zero-order valence-electron chi connectivity index (χ0n) is 9.53. The average Bonchev–Trinajstić information content (AvgIpc) is 2.63. The lowest BCUT2D eigenvalue weighted by atomic mass is 10.3. The minimum absolute atomic E-state index is 0.0607. The quantitative estimate of drug-likeness (QED) is 0.910. The van der Waals surface area contributed by atoms with Gasteiger partial charge >= 0.3 is 4.87 Å². The molecule has 0 aliphatic heterocycles. The number of rotatable bonds is 3. The molecule has 102 valence electrons. The summed E-state index contributed by atoms with van der Waals surface area (Å²) in [6.07, 6.45) is 0. The summed E-state index contributed by atoms with van der Waals surface area (Å²) < 4.78 is 39.2. The van der Waals surface area contributed by atoms with Crippen molar-refractivity contribution in [2.45, 2.75) is 11.1 Å². The molecular weight excluding hydrogens is 315 g/mol. The van der Waals surface area contributed by atoms with Gasteiger partial charge in [-0.3, -0.25) is 9.52 Å². The monoisotopic (exact) mass is 322 g/mol. The molecule has 0 atom stereocenters. The van der Waals surface area contributed by atoms with Gasteiger partial charge in [-0.15, -0.1) is 0 Å². The van der Waals surface area contributed by atoms with Gasteiger partial charge in [-0.1, -0.05) is 22.9 Å². The van der Waals surface area contributed by atoms with Crippen LogP contribution in [-0.4, -0.2) is 13.4 Å². The van der Waals surface area contributed by atoms with Crippen LogP contribution < -0.4 is 9.60 Å². The van der Waals surface area contributed by atoms with Crippen molar-refractivity contribution in [1.29, 1.82) is 0 Å². The largest absolute Gasteiger partial charge is 0.315 e. The van der Waals surface area contributed by atoms with E-state index in [0.717, 1.165) is 12.1 Å². The molecule has 0 saturated carbocycles. The molecule has 2 aromatic rings. The number of nitrogens with one attached hydrogen (secondary N) is 2. The van der Waals surface area contributed by atoms with E-state index in [2.05, 4.69) is 9.71 Å². The highest BCUT2D eigenvalue weighted by Crippen LogP contribution is 2.26. The zero-order valence-corrected chi connectivity index (χ0v) is 11.9. The number of aryl methyl sites for hydroxylation is 1. The number of hydrogen-bond donors (Lipinski definition) is 2. The molecule has 0 aliphatic rings. The van der Waals surface area contributed by atoms with Crippen molar-refractivity contribution in [3.63, 3.8) is 0 Å². The highest BCUT2D eigenvalue weighted by Gasteiger charge is 2.21. The number of thiazole rings is 1. The van der Waals surface area contributed by atoms with Crippen molar-refractivity contribution in [1.82, 2.24) is 4.98 Å². The molecule has 0 unspecified atom stereocenters. The minimum Gasteiger partial charge on any atom is -0.315 e. The number of H-pyrrole nitrogens is 1. The lowest BCUT2D eigenvalue weighted by Crippen LogP contribution is -2.13. The summed E-state index contributed by atoms with van der Waals surface area (Å²) in [6, 6.07) is 3.31. The van der Waals surface area contributed by atoms with E-state index in [0.29, 0.717) is 11.3 Å². The van der Waals surface area contributed by atoms with Crippen LogP contribution in [0.25, 0.3) is 0 Å². The van der Waals surface area contributed by atoms with Crippen molar-refractivity contribution >= 4 is 38.6 Å². The number of aromatic nitrogens is 1. The van der Waals surface area contributed by atoms with Crippen LogP contribution in [0.2, 0.25) is 5.02 Å². The third-order valence-corrected chi connectivity index (χ3v) is 5.50. The van der Waals surface area contributed by atoms with Gasteiger partial charge in [0, 0.05) is 5.69 Å². The van der Waals surface area contributed by atoms with Crippen LogP contribution in [0.1, 0.15) is 5.69 Å². The van der Waals surface area contributed by atoms with Gasteiger partial charge in [-0.05, 0) is 25.1 Å². The standard InChI is InChI=1S/C10H8ClFN2O3S2/c1-5-9(18-10(15)13-5)19(16,17)14-8-4-6(12)2-3-7(8)11/h2-4,14H,1H3,(H,13,15). The minimum atomic E-state index is -3.98. The number of anilines is 1. The van der Waals surface area contributed by atoms with Crippen LogP contribution in [0.5, 0.6) is 0 Å². The zero-order chi connectivity index (χ0) is 14.2. The van der Waals surface area contributed by atoms with Crippen LogP contribution >= 0.6 is 22.9 Å². The van der Waals surface area contributed by atoms with Gasteiger partial charge in [0.2, 0.25) is 0 Å². The second-order valence-corrected chi connectivity index (χ2v) is 6.92. The van der Waals surface area contributed by atoms with E-state index in [1.165, 1.54) is 13.0 Å². The predicted molar refractivity (Wildman–Crippen MR) is 71.9 cm³/mol. The second-order valence-electron chi connectivity index (χ2n) is 3.66. The normalized spacial score (nSPS) is 11.5. The summed E-state index contributed by atoms with van der Waals surface area (Å²) in [4.78, 5) is 13.0. The lowest BCUT2D eigenvalue weighted by Gasteiger charge is -2.08. The summed E-state index contributed by atoms with van der Waals surface area (Å²) in [7, 11) is -3.98. The number of benzene rings is 1. The Labute approximate surface area is 117 Å². The molecule has 0 aliphatic carbocycles. The summed E-state index contributed by atoms with van der Waals surface area (Å²) in [5, 5.41) is 0.0607. The maximum Gasteiger partial charge on any atom is 0.306 e. The molecule has 0 spiro atoms. The number of aromatic amines is 1. The maximum absolute atomic E-state index is 13.1. The summed E-state index contributed by atoms with van der Waals surface area (Å²) in [6.45, 7) is 1.46. The van der Waals surface area contributed by atoms with E-state index >= 15 is 0 Å². The van der Waals surface area contributed by atoms with E-state index in [1.54, 1.807) is 0 Å². The molecule has 2 rings (SSSR count). The van der Waals surface area contributed by atoms with Crippen LogP contribution in [0.3, 0.4) is 0 Å². The molecule has 9 heteroatoms. The maximum atomic E-state index is 13.1. The Morgan fingerprint density at radius 1 is 1.42 bits per heavy atom. The fourth-order valence-corrected chi connectivity index (χ4v) is 4.01. The Hall–Kier alpha value is -1.38. The highest BCUT2D eigenvalue weighted by molar-refractivity contribution is 7.94. The molecule has 1 heterocycles. The molecule has 19 heavy (non-hydrogen) atoms. The summed E-state index contributed by atoms with van der Waals surface area (Å²) in [5.74, 6) is -0.624. The van der Waals surface area contributed by atoms with Crippen molar-refractivity contribution < 1.29 is 12.8 Å². The van der Waals surface area contributed by atoms with E-state index < -0.39 is 20.7 Å². The van der Waals surface area contributed by atoms with E-state index in [9.17, 15) is 17.6 Å². The number of hydrogen-bond acceptors (Lipinski definition) is 4. The van der Waals surface area contributed by atoms with Crippen molar-refractivity contribution in [2.75, 3.05) is 4.72 Å². The molecule has 1 aromatic heterocycles. The molecule has 0 radical (unpaired) electrons. The fraction of sp³-hybridized carbons (Fsp3) is 0.100. The molecule has 0 bridgehead atoms. The van der Waals surface area contributed by atoms with Gasteiger partial charge in [-0.25, -0.2) is 12.8 Å². The fourth-order valence-electron chi connectivity index (χ4n) is 1.41. The van der Waals surface area contributed by atoms with Crippen molar-refractivity contribution in [3.05, 3.63) is 44.4 Å². The number of halogens is 2. The molecular formula is C10H8ClFN2O3S2. The Bertz CT molecular complexity index is 782. The van der Waals surface area contributed by atoms with Gasteiger partial charge in [0.1, 0.15) is 5.82 Å². The average molecular weight is 323 g/mol. The lowest BCUT2D eigenvalue weighted by molar-refractivity contribution is 0.602. The van der Waals surface area contributed by atoms with Gasteiger partial charge in [0.15, 0.2) is 4.21 Å². The summed E-state index contributed by atoms with van der Waals surface area (Å²) >= 11 is 6.33. The van der Waals surface area contributed by atoms with Crippen LogP contribution in [0, 0.1) is 12.7 Å². The SMILES string of the molecule is Cc1[nH]c(=O)sc1S(=O)(=O)Nc1cc(F)ccc1Cl. The second kappa shape index (κ2) is 4.95. The Balaban J connectivity index is 2.45. The van der Waals surface area contributed by atoms with Gasteiger partial charge in [0.05, 0.1) is 10.7 Å². The topological polar surface area (TPSA) is 79.0 Å². The third-order valence-electron chi connectivity index (χ3n) is 2.20. The van der Waals surface area contributed by atoms with Crippen molar-refractivity contribution in [3.8, 4) is 0 Å². The van der Waals surface area contributed by atoms with Gasteiger partial charge in [-0.2, -0.15) is 0 Å². The molecule has 0 amide bonds. The molecule has 5 nitrogen and oxygen atoms in total. The first-order valence-electron chi connectivity index (χ1n) is 4.97. The van der Waals surface area contributed by atoms with Crippen LogP contribution in [-0.2, 0) is 10.0 Å². The van der Waals surface area contributed by atoms with Gasteiger partial charge in [0.25, 0.3) is 10.0 Å². The third kappa shape index (κ3) is 2.96. The smallest absolute Gasteiger partial charge is 0.306 e. The molecule has 0 fully saturated rings. The Morgan fingerprint density at radius 2 is 2.11 bits per heavy atom. The number of sulfonamides is 1. The summed E-state index contributed by atoms with van der Waals surface area (Å²) in [5.41, 5.74) is 0.136. The van der Waals surface area contributed by atoms with Gasteiger partial charge < -0.3 is 4.98 Å². The predicted octanol–water partition coefficient (Wildman–Crippen LogP) is 2.34. The molecule has 1 aromatic carbocycles. The first-order chi connectivity index (χ1) is 8.79.